The molecule has 1 aliphatic carbocycles. The third kappa shape index (κ3) is 6.55. The molecular formula is C24H30ClNO. The molecule has 2 aromatic rings. The van der Waals surface area contributed by atoms with Gasteiger partial charge in [-0.3, -0.25) is 0 Å². The highest BCUT2D eigenvalue weighted by Gasteiger charge is 2.14. The first-order valence-corrected chi connectivity index (χ1v) is 9.73. The van der Waals surface area contributed by atoms with Crippen molar-refractivity contribution in [3.8, 4) is 5.75 Å². The molecule has 0 bridgehead atoms. The van der Waals surface area contributed by atoms with Gasteiger partial charge in [0.05, 0.1) is 6.61 Å². The second kappa shape index (κ2) is 10.9. The number of aryl methyl sites for hydroxylation is 2. The topological polar surface area (TPSA) is 12.2 Å². The number of hydrogen-bond acceptors (Lipinski definition) is 1. The minimum atomic E-state index is 0. The van der Waals surface area contributed by atoms with Gasteiger partial charge in [0, 0.05) is 6.08 Å². The predicted octanol–water partition coefficient (Wildman–Crippen LogP) is 2.15. The number of hydrogen-bond donors (Lipinski definition) is 0. The van der Waals surface area contributed by atoms with Crippen LogP contribution in [0.3, 0.4) is 0 Å². The van der Waals surface area contributed by atoms with Gasteiger partial charge in [-0.1, -0.05) is 36.4 Å². The number of fused-ring (bicyclic) bond motifs is 1. The highest BCUT2D eigenvalue weighted by atomic mass is 35.5. The van der Waals surface area contributed by atoms with E-state index < -0.39 is 0 Å². The molecule has 0 N–H and O–H groups in total. The van der Waals surface area contributed by atoms with E-state index in [2.05, 4.69) is 79.5 Å². The summed E-state index contributed by atoms with van der Waals surface area (Å²) in [6.07, 6.45) is 11.3. The van der Waals surface area contributed by atoms with Crippen LogP contribution in [-0.4, -0.2) is 31.5 Å². The number of benzene rings is 2. The van der Waals surface area contributed by atoms with Crippen LogP contribution in [0.2, 0.25) is 0 Å². The Morgan fingerprint density at radius 1 is 1.00 bits per heavy atom. The van der Waals surface area contributed by atoms with E-state index in [1.807, 2.05) is 0 Å². The lowest BCUT2D eigenvalue weighted by Crippen LogP contribution is -3.00. The molecule has 2 nitrogen and oxygen atoms in total. The summed E-state index contributed by atoms with van der Waals surface area (Å²) < 4.78 is 8.10. The molecule has 0 amide bonds. The maximum absolute atomic E-state index is 6.01. The van der Waals surface area contributed by atoms with Crippen LogP contribution in [0.4, 0.5) is 0 Å². The quantitative estimate of drug-likeness (QED) is 0.405. The van der Waals surface area contributed by atoms with Crippen LogP contribution in [0, 0.1) is 0 Å². The van der Waals surface area contributed by atoms with E-state index in [0.29, 0.717) is 0 Å². The third-order valence-electron chi connectivity index (χ3n) is 4.86. The van der Waals surface area contributed by atoms with E-state index in [9.17, 15) is 0 Å². The van der Waals surface area contributed by atoms with Crippen LogP contribution in [0.5, 0.6) is 5.75 Å². The molecule has 144 valence electrons. The fraction of sp³-hybridized carbons (Fsp3) is 0.375. The minimum Gasteiger partial charge on any atom is -1.00 e. The van der Waals surface area contributed by atoms with Gasteiger partial charge in [0.1, 0.15) is 19.8 Å². The molecule has 0 atom stereocenters. The highest BCUT2D eigenvalue weighted by Crippen LogP contribution is 2.32. The first-order valence-electron chi connectivity index (χ1n) is 9.73. The van der Waals surface area contributed by atoms with Crippen molar-refractivity contribution in [1.29, 1.82) is 0 Å². The Kier molecular flexibility index (Phi) is 8.60. The molecule has 0 aromatic heterocycles. The average molecular weight is 384 g/mol. The summed E-state index contributed by atoms with van der Waals surface area (Å²) in [6, 6.07) is 17.3. The molecule has 0 fully saturated rings. The van der Waals surface area contributed by atoms with E-state index >= 15 is 0 Å². The number of rotatable bonds is 7. The Hall–Kier alpha value is -2.06. The summed E-state index contributed by atoms with van der Waals surface area (Å²) in [6.45, 7) is 0.794. The minimum absolute atomic E-state index is 0. The summed E-state index contributed by atoms with van der Waals surface area (Å²) in [7, 11) is 4.13. The van der Waals surface area contributed by atoms with E-state index in [1.54, 1.807) is 0 Å². The zero-order valence-electron chi connectivity index (χ0n) is 16.5. The van der Waals surface area contributed by atoms with Crippen molar-refractivity contribution in [2.45, 2.75) is 38.5 Å². The van der Waals surface area contributed by atoms with Gasteiger partial charge in [0.25, 0.3) is 0 Å². The van der Waals surface area contributed by atoms with Gasteiger partial charge < -0.3 is 17.1 Å². The van der Waals surface area contributed by atoms with Crippen LogP contribution < -0.4 is 17.1 Å². The summed E-state index contributed by atoms with van der Waals surface area (Å²) >= 11 is 0. The maximum Gasteiger partial charge on any atom is 0.163 e. The maximum atomic E-state index is 6.01. The molecule has 0 heterocycles. The van der Waals surface area contributed by atoms with Crippen molar-refractivity contribution in [1.82, 2.24) is 0 Å². The smallest absolute Gasteiger partial charge is 0.163 e. The monoisotopic (exact) mass is 383 g/mol. The fourth-order valence-electron chi connectivity index (χ4n) is 3.46. The van der Waals surface area contributed by atoms with Gasteiger partial charge >= 0.3 is 0 Å². The van der Waals surface area contributed by atoms with Crippen LogP contribution >= 0.6 is 0 Å². The zero-order chi connectivity index (χ0) is 18.2. The molecule has 3 heteroatoms. The standard InChI is InChI=1S/C24H30NO.ClH/c1-25(2)17-16-21-12-8-13-22-19-23(14-15-24(21)22)26-18-7-6-11-20-9-4-3-5-10-20;/h3-5,9-10,14-17,19H,6-8,11-13,18H2,1-2H3;1H/q+1;/p-1/b21-16-;. The van der Waals surface area contributed by atoms with Gasteiger partial charge in [-0.2, -0.15) is 0 Å². The number of ether oxygens (including phenoxy) is 1. The molecule has 0 radical (unpaired) electrons. The number of halogens is 1. The van der Waals surface area contributed by atoms with Gasteiger partial charge in [0.15, 0.2) is 6.21 Å². The van der Waals surface area contributed by atoms with Gasteiger partial charge in [-0.25, -0.2) is 4.58 Å². The normalized spacial score (nSPS) is 14.2. The number of unbranched alkanes of at least 4 members (excludes halogenated alkanes) is 1. The second-order valence-electron chi connectivity index (χ2n) is 7.27. The van der Waals surface area contributed by atoms with E-state index in [4.69, 9.17) is 4.74 Å². The molecule has 2 aromatic carbocycles. The van der Waals surface area contributed by atoms with E-state index in [0.717, 1.165) is 38.0 Å². The third-order valence-corrected chi connectivity index (χ3v) is 4.86. The van der Waals surface area contributed by atoms with Crippen molar-refractivity contribution in [3.63, 3.8) is 0 Å². The van der Waals surface area contributed by atoms with Crippen molar-refractivity contribution >= 4 is 11.8 Å². The lowest BCUT2D eigenvalue weighted by molar-refractivity contribution is -0.458. The van der Waals surface area contributed by atoms with Crippen LogP contribution in [0.25, 0.3) is 5.57 Å². The Labute approximate surface area is 170 Å². The van der Waals surface area contributed by atoms with Crippen LogP contribution in [-0.2, 0) is 12.8 Å². The Morgan fingerprint density at radius 2 is 1.81 bits per heavy atom. The van der Waals surface area contributed by atoms with E-state index in [1.165, 1.54) is 35.1 Å². The molecule has 0 aliphatic heterocycles. The summed E-state index contributed by atoms with van der Waals surface area (Å²) in [4.78, 5) is 0. The Morgan fingerprint density at radius 3 is 2.59 bits per heavy atom. The van der Waals surface area contributed by atoms with Gasteiger partial charge in [-0.05, 0) is 72.9 Å². The molecule has 0 saturated heterocycles. The van der Waals surface area contributed by atoms with Crippen molar-refractivity contribution in [2.24, 2.45) is 0 Å². The molecular weight excluding hydrogens is 354 g/mol. The first kappa shape index (κ1) is 21.2. The van der Waals surface area contributed by atoms with Crippen molar-refractivity contribution < 1.29 is 21.7 Å². The largest absolute Gasteiger partial charge is 1.00 e. The van der Waals surface area contributed by atoms with Crippen LogP contribution in [0.1, 0.15) is 42.4 Å². The molecule has 1 aliphatic rings. The second-order valence-corrected chi connectivity index (χ2v) is 7.27. The molecule has 0 saturated carbocycles. The summed E-state index contributed by atoms with van der Waals surface area (Å²) in [5.74, 6) is 1.02. The highest BCUT2D eigenvalue weighted by molar-refractivity contribution is 5.84. The average Bonchev–Trinajstić information content (AvgIpc) is 2.66. The summed E-state index contributed by atoms with van der Waals surface area (Å²) in [5.41, 5.74) is 5.67. The van der Waals surface area contributed by atoms with Crippen molar-refractivity contribution in [2.75, 3.05) is 20.7 Å². The molecule has 27 heavy (non-hydrogen) atoms. The SMILES string of the molecule is C[N+](C)=C/C=C1/CCCc2cc(OCCCCc3ccccc3)ccc21.[Cl-]. The lowest BCUT2D eigenvalue weighted by Gasteiger charge is -2.19. The Balaban J connectivity index is 0.00000261. The number of allylic oxidation sites excluding steroid dienone is 2. The molecule has 0 spiro atoms. The fourth-order valence-corrected chi connectivity index (χ4v) is 3.46. The zero-order valence-corrected chi connectivity index (χ0v) is 17.2. The van der Waals surface area contributed by atoms with Gasteiger partial charge in [0.2, 0.25) is 0 Å². The number of nitrogens with zero attached hydrogens (tertiary/aromatic N) is 1. The van der Waals surface area contributed by atoms with E-state index in [-0.39, 0.29) is 12.4 Å². The summed E-state index contributed by atoms with van der Waals surface area (Å²) in [5, 5.41) is 0. The lowest BCUT2D eigenvalue weighted by atomic mass is 9.87. The Bertz CT molecular complexity index is 776. The van der Waals surface area contributed by atoms with Crippen LogP contribution in [0.15, 0.2) is 54.6 Å². The molecule has 0 unspecified atom stereocenters. The van der Waals surface area contributed by atoms with Gasteiger partial charge in [-0.15, -0.1) is 0 Å². The first-order chi connectivity index (χ1) is 12.7. The van der Waals surface area contributed by atoms with Crippen molar-refractivity contribution in [3.05, 3.63) is 71.3 Å². The molecule has 3 rings (SSSR count). The predicted molar refractivity (Wildman–Crippen MR) is 110 cm³/mol.